The molecule has 7 heteroatoms. The zero-order valence-electron chi connectivity index (χ0n) is 15.2. The minimum atomic E-state index is -0.537. The lowest BCUT2D eigenvalue weighted by atomic mass is 9.90. The number of aromatic nitrogens is 2. The van der Waals surface area contributed by atoms with Gasteiger partial charge >= 0.3 is 6.09 Å². The van der Waals surface area contributed by atoms with E-state index in [0.29, 0.717) is 5.56 Å². The summed E-state index contributed by atoms with van der Waals surface area (Å²) in [5, 5.41) is 10.1. The van der Waals surface area contributed by atoms with Crippen molar-refractivity contribution in [3.63, 3.8) is 0 Å². The summed E-state index contributed by atoms with van der Waals surface area (Å²) in [6.45, 7) is 7.35. The van der Waals surface area contributed by atoms with Gasteiger partial charge in [-0.05, 0) is 40.5 Å². The number of ether oxygens (including phenoxy) is 1. The third-order valence-corrected chi connectivity index (χ3v) is 4.26. The van der Waals surface area contributed by atoms with Crippen molar-refractivity contribution in [2.75, 3.05) is 0 Å². The summed E-state index contributed by atoms with van der Waals surface area (Å²) in [7, 11) is 1.81. The van der Waals surface area contributed by atoms with Gasteiger partial charge in [-0.1, -0.05) is 12.8 Å². The highest BCUT2D eigenvalue weighted by Gasteiger charge is 2.30. The molecule has 7 nitrogen and oxygen atoms in total. The molecule has 0 saturated heterocycles. The first-order chi connectivity index (χ1) is 11.2. The van der Waals surface area contributed by atoms with Gasteiger partial charge in [-0.15, -0.1) is 0 Å². The zero-order valence-corrected chi connectivity index (χ0v) is 15.2. The minimum Gasteiger partial charge on any atom is -0.444 e. The van der Waals surface area contributed by atoms with Crippen molar-refractivity contribution < 1.29 is 14.3 Å². The smallest absolute Gasteiger partial charge is 0.407 e. The molecule has 0 radical (unpaired) electrons. The molecule has 2 amide bonds. The summed E-state index contributed by atoms with van der Waals surface area (Å²) >= 11 is 0. The first kappa shape index (κ1) is 18.3. The molecule has 1 aliphatic carbocycles. The summed E-state index contributed by atoms with van der Waals surface area (Å²) in [6, 6.07) is -0.215. The molecule has 1 heterocycles. The predicted octanol–water partition coefficient (Wildman–Crippen LogP) is 2.29. The quantitative estimate of drug-likeness (QED) is 0.887. The first-order valence-corrected chi connectivity index (χ1v) is 8.46. The normalized spacial score (nSPS) is 21.2. The number of rotatable bonds is 3. The number of nitrogens with one attached hydrogen (secondary N) is 2. The van der Waals surface area contributed by atoms with Crippen molar-refractivity contribution in [3.05, 3.63) is 17.5 Å². The van der Waals surface area contributed by atoms with E-state index >= 15 is 0 Å². The molecule has 24 heavy (non-hydrogen) atoms. The first-order valence-electron chi connectivity index (χ1n) is 8.46. The molecule has 0 spiro atoms. The van der Waals surface area contributed by atoms with Gasteiger partial charge < -0.3 is 15.4 Å². The zero-order chi connectivity index (χ0) is 17.9. The Balaban J connectivity index is 2.00. The fourth-order valence-electron chi connectivity index (χ4n) is 2.90. The van der Waals surface area contributed by atoms with Gasteiger partial charge in [0.05, 0.1) is 17.8 Å². The van der Waals surface area contributed by atoms with E-state index in [2.05, 4.69) is 15.7 Å². The van der Waals surface area contributed by atoms with Gasteiger partial charge in [-0.3, -0.25) is 9.48 Å². The largest absolute Gasteiger partial charge is 0.444 e. The van der Waals surface area contributed by atoms with Crippen molar-refractivity contribution >= 4 is 12.0 Å². The number of carbonyl (C=O) groups is 2. The van der Waals surface area contributed by atoms with Crippen molar-refractivity contribution in [2.45, 2.75) is 71.1 Å². The van der Waals surface area contributed by atoms with Gasteiger partial charge in [0.15, 0.2) is 0 Å². The molecule has 2 atom stereocenters. The van der Waals surface area contributed by atoms with E-state index in [-0.39, 0.29) is 18.0 Å². The Morgan fingerprint density at radius 2 is 1.79 bits per heavy atom. The van der Waals surface area contributed by atoms with Crippen molar-refractivity contribution in [3.8, 4) is 0 Å². The number of alkyl carbamates (subject to hydrolysis) is 1. The summed E-state index contributed by atoms with van der Waals surface area (Å²) < 4.78 is 7.00. The van der Waals surface area contributed by atoms with E-state index in [1.807, 2.05) is 27.7 Å². The van der Waals surface area contributed by atoms with Crippen LogP contribution in [0.3, 0.4) is 0 Å². The number of carbonyl (C=O) groups excluding carboxylic acids is 2. The molecular formula is C17H28N4O3. The fourth-order valence-corrected chi connectivity index (χ4v) is 2.90. The highest BCUT2D eigenvalue weighted by atomic mass is 16.6. The standard InChI is InChI=1S/C17H28N4O3/c1-11-12(10-18-21(11)5)15(22)19-13-8-6-7-9-14(13)20-16(23)24-17(2,3)4/h10,13-14H,6-9H2,1-5H3,(H,19,22)(H,20,23)/t13-,14+/m1/s1. The van der Waals surface area contributed by atoms with Crippen LogP contribution in [0.25, 0.3) is 0 Å². The Bertz CT molecular complexity index is 603. The Morgan fingerprint density at radius 1 is 1.21 bits per heavy atom. The Kier molecular flexibility index (Phi) is 5.51. The second-order valence-corrected chi connectivity index (χ2v) is 7.38. The minimum absolute atomic E-state index is 0.0987. The van der Waals surface area contributed by atoms with Gasteiger partial charge in [0.1, 0.15) is 5.60 Å². The maximum Gasteiger partial charge on any atom is 0.407 e. The van der Waals surface area contributed by atoms with E-state index in [0.717, 1.165) is 31.4 Å². The van der Waals surface area contributed by atoms with Crippen molar-refractivity contribution in [1.29, 1.82) is 0 Å². The topological polar surface area (TPSA) is 85.2 Å². The molecule has 1 aliphatic rings. The van der Waals surface area contributed by atoms with E-state index < -0.39 is 11.7 Å². The number of hydrogen-bond acceptors (Lipinski definition) is 4. The maximum atomic E-state index is 12.5. The van der Waals surface area contributed by atoms with Crippen molar-refractivity contribution in [1.82, 2.24) is 20.4 Å². The molecule has 1 fully saturated rings. The number of amides is 2. The number of aryl methyl sites for hydroxylation is 1. The second-order valence-electron chi connectivity index (χ2n) is 7.38. The maximum absolute atomic E-state index is 12.5. The van der Waals surface area contributed by atoms with Crippen LogP contribution in [-0.4, -0.2) is 39.5 Å². The van der Waals surface area contributed by atoms with Crippen LogP contribution < -0.4 is 10.6 Å². The molecule has 2 rings (SSSR count). The molecule has 1 aromatic rings. The van der Waals surface area contributed by atoms with Crippen LogP contribution in [0.1, 0.15) is 62.5 Å². The summed E-state index contributed by atoms with van der Waals surface area (Å²) in [4.78, 5) is 24.5. The van der Waals surface area contributed by atoms with Gasteiger partial charge in [0.25, 0.3) is 5.91 Å². The van der Waals surface area contributed by atoms with E-state index in [9.17, 15) is 9.59 Å². The van der Waals surface area contributed by atoms with Crippen LogP contribution in [-0.2, 0) is 11.8 Å². The van der Waals surface area contributed by atoms with Crippen LogP contribution in [0.15, 0.2) is 6.20 Å². The third kappa shape index (κ3) is 4.72. The molecular weight excluding hydrogens is 308 g/mol. The van der Waals surface area contributed by atoms with Crippen LogP contribution in [0.2, 0.25) is 0 Å². The average molecular weight is 336 g/mol. The summed E-state index contributed by atoms with van der Waals surface area (Å²) in [5.41, 5.74) is 0.851. The third-order valence-electron chi connectivity index (χ3n) is 4.26. The van der Waals surface area contributed by atoms with Crippen molar-refractivity contribution in [2.24, 2.45) is 7.05 Å². The molecule has 0 aliphatic heterocycles. The molecule has 2 N–H and O–H groups in total. The molecule has 0 unspecified atom stereocenters. The lowest BCUT2D eigenvalue weighted by Gasteiger charge is -2.33. The van der Waals surface area contributed by atoms with E-state index in [1.54, 1.807) is 17.9 Å². The highest BCUT2D eigenvalue weighted by Crippen LogP contribution is 2.20. The predicted molar refractivity (Wildman–Crippen MR) is 90.8 cm³/mol. The fraction of sp³-hybridized carbons (Fsp3) is 0.706. The van der Waals surface area contributed by atoms with Gasteiger partial charge in [0, 0.05) is 18.8 Å². The lowest BCUT2D eigenvalue weighted by molar-refractivity contribution is 0.0474. The van der Waals surface area contributed by atoms with Crippen LogP contribution in [0, 0.1) is 6.92 Å². The van der Waals surface area contributed by atoms with Gasteiger partial charge in [-0.25, -0.2) is 4.79 Å². The number of nitrogens with zero attached hydrogens (tertiary/aromatic N) is 2. The average Bonchev–Trinajstić information content (AvgIpc) is 2.79. The number of hydrogen-bond donors (Lipinski definition) is 2. The van der Waals surface area contributed by atoms with E-state index in [1.165, 1.54) is 0 Å². The summed E-state index contributed by atoms with van der Waals surface area (Å²) in [5.74, 6) is -0.150. The monoisotopic (exact) mass is 336 g/mol. The van der Waals surface area contributed by atoms with Crippen LogP contribution in [0.4, 0.5) is 4.79 Å². The Labute approximate surface area is 143 Å². The Morgan fingerprint density at radius 3 is 2.29 bits per heavy atom. The van der Waals surface area contributed by atoms with Crippen LogP contribution in [0.5, 0.6) is 0 Å². The van der Waals surface area contributed by atoms with Gasteiger partial charge in [-0.2, -0.15) is 5.10 Å². The molecule has 1 saturated carbocycles. The SMILES string of the molecule is Cc1c(C(=O)N[C@@H]2CCCC[C@@H]2NC(=O)OC(C)(C)C)cnn1C. The highest BCUT2D eigenvalue weighted by molar-refractivity contribution is 5.95. The van der Waals surface area contributed by atoms with E-state index in [4.69, 9.17) is 4.74 Å². The molecule has 1 aromatic heterocycles. The molecule has 0 bridgehead atoms. The Hall–Kier alpha value is -2.05. The van der Waals surface area contributed by atoms with Gasteiger partial charge in [0.2, 0.25) is 0 Å². The summed E-state index contributed by atoms with van der Waals surface area (Å²) in [6.07, 6.45) is 4.86. The van der Waals surface area contributed by atoms with Crippen LogP contribution >= 0.6 is 0 Å². The molecule has 134 valence electrons. The second kappa shape index (κ2) is 7.23. The molecule has 0 aromatic carbocycles. The lowest BCUT2D eigenvalue weighted by Crippen LogP contribution is -2.54.